The van der Waals surface area contributed by atoms with E-state index in [2.05, 4.69) is 86.3 Å². The van der Waals surface area contributed by atoms with Gasteiger partial charge in [-0.15, -0.1) is 0 Å². The molecule has 0 aliphatic carbocycles. The molecule has 44 heavy (non-hydrogen) atoms. The molecule has 1 unspecified atom stereocenters. The highest BCUT2D eigenvalue weighted by Crippen LogP contribution is 2.36. The molecule has 4 heterocycles. The zero-order valence-electron chi connectivity index (χ0n) is 24.6. The number of ether oxygens (including phenoxy) is 1. The third kappa shape index (κ3) is 6.05. The minimum atomic E-state index is -1.03. The van der Waals surface area contributed by atoms with Gasteiger partial charge in [0.05, 0.1) is 36.9 Å². The van der Waals surface area contributed by atoms with E-state index < -0.39 is 17.8 Å². The number of rotatable bonds is 7. The van der Waals surface area contributed by atoms with E-state index in [0.29, 0.717) is 45.6 Å². The molecule has 3 aliphatic rings. The van der Waals surface area contributed by atoms with Crippen LogP contribution in [0.15, 0.2) is 48.8 Å². The summed E-state index contributed by atoms with van der Waals surface area (Å²) in [5, 5.41) is 22.0. The Bertz CT molecular complexity index is 1630. The number of β-amino-alcohol motifs (C(OH)–C–C–N with tert-alkyl or cyclic N) is 1. The number of benzene rings is 2. The van der Waals surface area contributed by atoms with Crippen molar-refractivity contribution < 1.29 is 19.0 Å². The summed E-state index contributed by atoms with van der Waals surface area (Å²) in [6.45, 7) is 6.44. The van der Waals surface area contributed by atoms with Crippen molar-refractivity contribution in [3.8, 4) is 12.1 Å². The van der Waals surface area contributed by atoms with Crippen molar-refractivity contribution >= 4 is 50.8 Å². The molecule has 6 rings (SSSR count). The normalized spacial score (nSPS) is 22.2. The number of aliphatic hydroxyl groups excluding tert-OH is 1. The zero-order chi connectivity index (χ0) is 31.0. The number of likely N-dealkylation sites (N-methyl/N-ethyl adjacent to an activating group) is 1. The Hall–Kier alpha value is -3.54. The van der Waals surface area contributed by atoms with Gasteiger partial charge in [0.15, 0.2) is 5.83 Å². The fourth-order valence-corrected chi connectivity index (χ4v) is 7.42. The highest BCUT2D eigenvalue weighted by atomic mass is 127. The molecule has 0 bridgehead atoms. The molecular formula is C32H35FIN7O3. The predicted octanol–water partition coefficient (Wildman–Crippen LogP) is 3.65. The van der Waals surface area contributed by atoms with Crippen LogP contribution < -0.4 is 14.5 Å². The van der Waals surface area contributed by atoms with Crippen molar-refractivity contribution in [1.82, 2.24) is 19.8 Å². The molecule has 2 aromatic carbocycles. The lowest BCUT2D eigenvalue weighted by atomic mass is 10.0. The Labute approximate surface area is 269 Å². The number of hydrogen-bond acceptors (Lipinski definition) is 9. The first-order valence-electron chi connectivity index (χ1n) is 14.8. The number of piperazine rings is 1. The summed E-state index contributed by atoms with van der Waals surface area (Å²) in [6.07, 6.45) is 0.997. The highest BCUT2D eigenvalue weighted by molar-refractivity contribution is 14.1. The lowest BCUT2D eigenvalue weighted by Crippen LogP contribution is -2.55. The fourth-order valence-electron chi connectivity index (χ4n) is 6.63. The minimum absolute atomic E-state index is 0.0469. The van der Waals surface area contributed by atoms with Gasteiger partial charge >= 0.3 is 6.01 Å². The molecule has 3 atom stereocenters. The Kier molecular flexibility index (Phi) is 8.89. The smallest absolute Gasteiger partial charge is 0.318 e. The second kappa shape index (κ2) is 12.8. The van der Waals surface area contributed by atoms with Gasteiger partial charge in [-0.25, -0.2) is 4.39 Å². The van der Waals surface area contributed by atoms with E-state index in [1.807, 2.05) is 7.05 Å². The lowest BCUT2D eigenvalue weighted by Gasteiger charge is -2.42. The largest absolute Gasteiger partial charge is 0.462 e. The second-order valence-corrected chi connectivity index (χ2v) is 12.9. The number of nitrogens with zero attached hydrogens (tertiary/aromatic N) is 7. The standard InChI is InChI=1S/C32H35FIN7O3/c1-20(33)31(43)41-14-13-40(16-22(41)9-11-35)30-25-10-12-39(28-8-4-6-21-5-3-7-26(34)29(21)28)18-27(25)36-32(37-30)44-19-23-15-24(42)17-38(23)2/h3-8,22-24,42H,1,9-10,12-19H2,2H3/t22-,23-,24?/m0/s1. The molecule has 0 spiro atoms. The Balaban J connectivity index is 1.34. The average molecular weight is 712 g/mol. The van der Waals surface area contributed by atoms with E-state index in [0.717, 1.165) is 29.3 Å². The maximum Gasteiger partial charge on any atom is 0.318 e. The minimum Gasteiger partial charge on any atom is -0.462 e. The predicted molar refractivity (Wildman–Crippen MR) is 174 cm³/mol. The van der Waals surface area contributed by atoms with Crippen molar-refractivity contribution in [2.75, 3.05) is 56.2 Å². The maximum absolute atomic E-state index is 13.8. The number of aromatic nitrogens is 2. The molecule has 2 fully saturated rings. The summed E-state index contributed by atoms with van der Waals surface area (Å²) in [5.74, 6) is -1.07. The van der Waals surface area contributed by atoms with Gasteiger partial charge in [-0.1, -0.05) is 30.8 Å². The van der Waals surface area contributed by atoms with Crippen molar-refractivity contribution in [2.45, 2.75) is 44.0 Å². The van der Waals surface area contributed by atoms with E-state index in [4.69, 9.17) is 14.7 Å². The van der Waals surface area contributed by atoms with Gasteiger partial charge in [0.2, 0.25) is 0 Å². The molecule has 2 saturated heterocycles. The first-order chi connectivity index (χ1) is 21.2. The Morgan fingerprint density at radius 1 is 1.16 bits per heavy atom. The number of carbonyl (C=O) groups excluding carboxylic acids is 1. The quantitative estimate of drug-likeness (QED) is 0.290. The molecular weight excluding hydrogens is 676 g/mol. The molecule has 10 nitrogen and oxygen atoms in total. The zero-order valence-corrected chi connectivity index (χ0v) is 26.8. The summed E-state index contributed by atoms with van der Waals surface area (Å²) < 4.78 is 21.2. The number of halogens is 2. The van der Waals surface area contributed by atoms with Crippen molar-refractivity contribution in [3.63, 3.8) is 0 Å². The number of carbonyl (C=O) groups is 1. The number of fused-ring (bicyclic) bond motifs is 2. The van der Waals surface area contributed by atoms with Gasteiger partial charge in [0.1, 0.15) is 12.4 Å². The van der Waals surface area contributed by atoms with E-state index in [1.54, 1.807) is 0 Å². The van der Waals surface area contributed by atoms with Crippen LogP contribution in [0.25, 0.3) is 10.8 Å². The van der Waals surface area contributed by atoms with E-state index in [9.17, 15) is 19.6 Å². The highest BCUT2D eigenvalue weighted by Gasteiger charge is 2.35. The molecule has 1 amide bonds. The van der Waals surface area contributed by atoms with Gasteiger partial charge in [0.25, 0.3) is 5.91 Å². The van der Waals surface area contributed by atoms with Crippen molar-refractivity contribution in [2.24, 2.45) is 0 Å². The van der Waals surface area contributed by atoms with Crippen LogP contribution in [0.1, 0.15) is 24.1 Å². The third-order valence-electron chi connectivity index (χ3n) is 8.87. The molecule has 3 aliphatic heterocycles. The average Bonchev–Trinajstić information content (AvgIpc) is 3.35. The Morgan fingerprint density at radius 2 is 1.95 bits per heavy atom. The van der Waals surface area contributed by atoms with Gasteiger partial charge in [0, 0.05) is 59.0 Å². The maximum atomic E-state index is 13.8. The molecule has 0 radical (unpaired) electrons. The number of amides is 1. The van der Waals surface area contributed by atoms with Crippen LogP contribution in [0, 0.1) is 14.9 Å². The summed E-state index contributed by atoms with van der Waals surface area (Å²) in [7, 11) is 1.97. The van der Waals surface area contributed by atoms with Crippen molar-refractivity contribution in [3.05, 3.63) is 63.6 Å². The Morgan fingerprint density at radius 3 is 2.68 bits per heavy atom. The van der Waals surface area contributed by atoms with Gasteiger partial charge < -0.3 is 24.5 Å². The van der Waals surface area contributed by atoms with Crippen LogP contribution in [-0.2, 0) is 17.8 Å². The topological polar surface area (TPSA) is 109 Å². The lowest BCUT2D eigenvalue weighted by molar-refractivity contribution is -0.131. The molecule has 1 aromatic heterocycles. The summed E-state index contributed by atoms with van der Waals surface area (Å²) in [5.41, 5.74) is 3.03. The van der Waals surface area contributed by atoms with Crippen LogP contribution in [-0.4, -0.2) is 95.3 Å². The molecule has 3 aromatic rings. The monoisotopic (exact) mass is 711 g/mol. The fraction of sp³-hybridized carbons (Fsp3) is 0.438. The van der Waals surface area contributed by atoms with E-state index >= 15 is 0 Å². The van der Waals surface area contributed by atoms with Crippen LogP contribution >= 0.6 is 22.6 Å². The molecule has 12 heteroatoms. The number of anilines is 2. The molecule has 230 valence electrons. The third-order valence-corrected chi connectivity index (χ3v) is 9.77. The van der Waals surface area contributed by atoms with Crippen molar-refractivity contribution in [1.29, 1.82) is 5.26 Å². The summed E-state index contributed by atoms with van der Waals surface area (Å²) >= 11 is 2.39. The van der Waals surface area contributed by atoms with Gasteiger partial charge in [-0.2, -0.15) is 15.2 Å². The van der Waals surface area contributed by atoms with Crippen LogP contribution in [0.4, 0.5) is 15.9 Å². The van der Waals surface area contributed by atoms with Crippen LogP contribution in [0.2, 0.25) is 0 Å². The molecule has 0 saturated carbocycles. The first kappa shape index (κ1) is 30.5. The number of nitriles is 1. The second-order valence-electron chi connectivity index (χ2n) is 11.7. The first-order valence-corrected chi connectivity index (χ1v) is 15.9. The summed E-state index contributed by atoms with van der Waals surface area (Å²) in [6, 6.07) is 14.6. The number of aliphatic hydroxyl groups is 1. The van der Waals surface area contributed by atoms with Gasteiger partial charge in [-0.3, -0.25) is 9.69 Å². The summed E-state index contributed by atoms with van der Waals surface area (Å²) in [4.78, 5) is 30.2. The van der Waals surface area contributed by atoms with Gasteiger partial charge in [-0.05, 0) is 60.0 Å². The van der Waals surface area contributed by atoms with Crippen LogP contribution in [0.3, 0.4) is 0 Å². The SMILES string of the molecule is C=C(F)C(=O)N1CCN(c2nc(OC[C@@H]3CC(O)CN3C)nc3c2CCN(c2cccc4cccc(I)c24)C3)C[C@@H]1CC#N. The molecule has 1 N–H and O–H groups in total. The number of likely N-dealkylation sites (tertiary alicyclic amines) is 1. The van der Waals surface area contributed by atoms with E-state index in [-0.39, 0.29) is 31.1 Å². The van der Waals surface area contributed by atoms with E-state index in [1.165, 1.54) is 19.2 Å². The van der Waals surface area contributed by atoms with Crippen LogP contribution in [0.5, 0.6) is 6.01 Å². The number of hydrogen-bond donors (Lipinski definition) is 1.